The van der Waals surface area contributed by atoms with Gasteiger partial charge in [0.1, 0.15) is 0 Å². The lowest BCUT2D eigenvalue weighted by molar-refractivity contribution is 0.426. The molecule has 2 nitrogen and oxygen atoms in total. The van der Waals surface area contributed by atoms with E-state index in [4.69, 9.17) is 12.2 Å². The van der Waals surface area contributed by atoms with Gasteiger partial charge in [0.15, 0.2) is 5.11 Å². The first-order valence-electron chi connectivity index (χ1n) is 6.25. The molecular weight excluding hydrogens is 204 g/mol. The van der Waals surface area contributed by atoms with E-state index in [0.29, 0.717) is 12.1 Å². The number of hydrogen-bond donors (Lipinski definition) is 2. The van der Waals surface area contributed by atoms with Gasteiger partial charge >= 0.3 is 0 Å². The van der Waals surface area contributed by atoms with Gasteiger partial charge in [0.25, 0.3) is 0 Å². The molecule has 0 aromatic carbocycles. The van der Waals surface area contributed by atoms with E-state index >= 15 is 0 Å². The summed E-state index contributed by atoms with van der Waals surface area (Å²) in [6, 6.07) is 1.03. The van der Waals surface area contributed by atoms with Crippen LogP contribution in [-0.4, -0.2) is 17.2 Å². The number of hydrogen-bond acceptors (Lipinski definition) is 1. The zero-order valence-electron chi connectivity index (χ0n) is 10.0. The molecule has 1 saturated carbocycles. The molecule has 0 aromatic heterocycles. The molecule has 1 aliphatic carbocycles. The normalized spacial score (nSPS) is 19.4. The van der Waals surface area contributed by atoms with Crippen LogP contribution in [0.3, 0.4) is 0 Å². The fourth-order valence-electron chi connectivity index (χ4n) is 2.09. The summed E-state index contributed by atoms with van der Waals surface area (Å²) in [6.45, 7) is 4.23. The molecule has 2 N–H and O–H groups in total. The molecule has 1 fully saturated rings. The zero-order valence-corrected chi connectivity index (χ0v) is 10.8. The molecule has 15 heavy (non-hydrogen) atoms. The van der Waals surface area contributed by atoms with Crippen molar-refractivity contribution >= 4 is 17.3 Å². The molecule has 0 unspecified atom stereocenters. The van der Waals surface area contributed by atoms with Crippen molar-refractivity contribution in [3.63, 3.8) is 0 Å². The highest BCUT2D eigenvalue weighted by atomic mass is 32.1. The van der Waals surface area contributed by atoms with Crippen LogP contribution in [0.2, 0.25) is 0 Å². The molecular formula is C12H24N2S. The van der Waals surface area contributed by atoms with E-state index in [9.17, 15) is 0 Å². The quantitative estimate of drug-likeness (QED) is 0.711. The van der Waals surface area contributed by atoms with Crippen LogP contribution in [0.1, 0.15) is 58.8 Å². The predicted octanol–water partition coefficient (Wildman–Crippen LogP) is 2.97. The molecule has 0 aromatic rings. The molecule has 0 atom stereocenters. The maximum atomic E-state index is 5.27. The number of rotatable bonds is 2. The lowest BCUT2D eigenvalue weighted by Crippen LogP contribution is -2.44. The average Bonchev–Trinajstić information content (AvgIpc) is 2.08. The molecule has 1 rings (SSSR count). The van der Waals surface area contributed by atoms with Crippen molar-refractivity contribution in [3.8, 4) is 0 Å². The van der Waals surface area contributed by atoms with Crippen molar-refractivity contribution in [2.75, 3.05) is 0 Å². The highest BCUT2D eigenvalue weighted by molar-refractivity contribution is 7.80. The van der Waals surface area contributed by atoms with Crippen molar-refractivity contribution in [2.24, 2.45) is 0 Å². The van der Waals surface area contributed by atoms with Gasteiger partial charge in [0.2, 0.25) is 0 Å². The molecule has 0 saturated heterocycles. The van der Waals surface area contributed by atoms with Crippen molar-refractivity contribution in [1.82, 2.24) is 10.6 Å². The summed E-state index contributed by atoms with van der Waals surface area (Å²) < 4.78 is 0. The minimum absolute atomic E-state index is 0.429. The Kier molecular flexibility index (Phi) is 5.99. The third kappa shape index (κ3) is 5.98. The maximum Gasteiger partial charge on any atom is 0.166 e. The smallest absolute Gasteiger partial charge is 0.166 e. The van der Waals surface area contributed by atoms with Crippen LogP contribution in [0.5, 0.6) is 0 Å². The molecule has 3 heteroatoms. The third-order valence-corrected chi connectivity index (χ3v) is 3.10. The van der Waals surface area contributed by atoms with Crippen LogP contribution in [0.15, 0.2) is 0 Å². The monoisotopic (exact) mass is 228 g/mol. The summed E-state index contributed by atoms with van der Waals surface area (Å²) in [5.74, 6) is 0. The van der Waals surface area contributed by atoms with Gasteiger partial charge in [-0.25, -0.2) is 0 Å². The summed E-state index contributed by atoms with van der Waals surface area (Å²) in [4.78, 5) is 0. The first-order chi connectivity index (χ1) is 7.18. The minimum Gasteiger partial charge on any atom is -0.361 e. The fraction of sp³-hybridized carbons (Fsp3) is 0.917. The van der Waals surface area contributed by atoms with Crippen LogP contribution in [-0.2, 0) is 0 Å². The van der Waals surface area contributed by atoms with E-state index < -0.39 is 0 Å². The standard InChI is InChI=1S/C12H24N2S/c1-10(2)13-12(15)14-11-8-6-4-3-5-7-9-11/h10-11H,3-9H2,1-2H3,(H2,13,14,15). The van der Waals surface area contributed by atoms with Gasteiger partial charge < -0.3 is 10.6 Å². The van der Waals surface area contributed by atoms with Crippen LogP contribution in [0, 0.1) is 0 Å². The lowest BCUT2D eigenvalue weighted by atomic mass is 9.97. The first-order valence-corrected chi connectivity index (χ1v) is 6.66. The van der Waals surface area contributed by atoms with Crippen LogP contribution >= 0.6 is 12.2 Å². The summed E-state index contributed by atoms with van der Waals surface area (Å²) in [5.41, 5.74) is 0. The van der Waals surface area contributed by atoms with Gasteiger partial charge in [-0.1, -0.05) is 32.1 Å². The van der Waals surface area contributed by atoms with E-state index in [1.807, 2.05) is 0 Å². The van der Waals surface area contributed by atoms with Gasteiger partial charge in [-0.2, -0.15) is 0 Å². The van der Waals surface area contributed by atoms with E-state index in [-0.39, 0.29) is 0 Å². The zero-order chi connectivity index (χ0) is 11.1. The van der Waals surface area contributed by atoms with Crippen LogP contribution < -0.4 is 10.6 Å². The fourth-order valence-corrected chi connectivity index (χ4v) is 2.49. The van der Waals surface area contributed by atoms with E-state index in [1.165, 1.54) is 44.9 Å². The Labute approximate surface area is 99.2 Å². The lowest BCUT2D eigenvalue weighted by Gasteiger charge is -2.23. The Hall–Kier alpha value is -0.310. The maximum absolute atomic E-state index is 5.27. The second-order valence-electron chi connectivity index (χ2n) is 4.81. The Balaban J connectivity index is 2.25. The Morgan fingerprint density at radius 3 is 2.13 bits per heavy atom. The predicted molar refractivity (Wildman–Crippen MR) is 70.1 cm³/mol. The Morgan fingerprint density at radius 1 is 1.07 bits per heavy atom. The van der Waals surface area contributed by atoms with Crippen LogP contribution in [0.25, 0.3) is 0 Å². The third-order valence-electron chi connectivity index (χ3n) is 2.86. The molecule has 0 heterocycles. The Bertz CT molecular complexity index is 184. The van der Waals surface area contributed by atoms with Gasteiger partial charge in [-0.05, 0) is 38.9 Å². The summed E-state index contributed by atoms with van der Waals surface area (Å²) in [7, 11) is 0. The van der Waals surface area contributed by atoms with Crippen molar-refractivity contribution in [1.29, 1.82) is 0 Å². The molecule has 0 amide bonds. The summed E-state index contributed by atoms with van der Waals surface area (Å²) in [6.07, 6.45) is 9.45. The second kappa shape index (κ2) is 7.04. The largest absolute Gasteiger partial charge is 0.361 e. The Morgan fingerprint density at radius 2 is 1.60 bits per heavy atom. The van der Waals surface area contributed by atoms with Crippen molar-refractivity contribution in [3.05, 3.63) is 0 Å². The topological polar surface area (TPSA) is 24.1 Å². The number of nitrogens with one attached hydrogen (secondary N) is 2. The molecule has 88 valence electrons. The molecule has 0 radical (unpaired) electrons. The number of thiocarbonyl (C=S) groups is 1. The van der Waals surface area contributed by atoms with Crippen molar-refractivity contribution in [2.45, 2.75) is 70.9 Å². The highest BCUT2D eigenvalue weighted by Gasteiger charge is 2.12. The first kappa shape index (κ1) is 12.8. The van der Waals surface area contributed by atoms with Crippen molar-refractivity contribution < 1.29 is 0 Å². The van der Waals surface area contributed by atoms with Gasteiger partial charge in [0.05, 0.1) is 0 Å². The minimum atomic E-state index is 0.429. The summed E-state index contributed by atoms with van der Waals surface area (Å²) >= 11 is 5.27. The second-order valence-corrected chi connectivity index (χ2v) is 5.22. The average molecular weight is 228 g/mol. The molecule has 1 aliphatic rings. The summed E-state index contributed by atoms with van der Waals surface area (Å²) in [5, 5.41) is 7.51. The van der Waals surface area contributed by atoms with Gasteiger partial charge in [-0.15, -0.1) is 0 Å². The SMILES string of the molecule is CC(C)NC(=S)NC1CCCCCCC1. The van der Waals surface area contributed by atoms with Gasteiger partial charge in [0, 0.05) is 12.1 Å². The molecule has 0 aliphatic heterocycles. The molecule has 0 spiro atoms. The highest BCUT2D eigenvalue weighted by Crippen LogP contribution is 2.16. The van der Waals surface area contributed by atoms with Crippen LogP contribution in [0.4, 0.5) is 0 Å². The van der Waals surface area contributed by atoms with E-state index in [2.05, 4.69) is 24.5 Å². The van der Waals surface area contributed by atoms with Gasteiger partial charge in [-0.3, -0.25) is 0 Å². The molecule has 0 bridgehead atoms. The van der Waals surface area contributed by atoms with E-state index in [1.54, 1.807) is 0 Å². The van der Waals surface area contributed by atoms with E-state index in [0.717, 1.165) is 5.11 Å².